The Morgan fingerprint density at radius 1 is 1.00 bits per heavy atom. The average molecular weight is 323 g/mol. The van der Waals surface area contributed by atoms with Gasteiger partial charge >= 0.3 is 5.97 Å². The molecule has 6 N–H and O–H groups in total. The molecule has 0 saturated heterocycles. The fraction of sp³-hybridized carbons (Fsp3) is 0.692. The molecular formula is C13H25NO8. The largest absolute Gasteiger partial charge is 0.478 e. The van der Waals surface area contributed by atoms with Gasteiger partial charge in [-0.25, -0.2) is 4.79 Å². The van der Waals surface area contributed by atoms with Crippen molar-refractivity contribution in [2.45, 2.75) is 38.3 Å². The van der Waals surface area contributed by atoms with Crippen molar-refractivity contribution in [2.24, 2.45) is 0 Å². The van der Waals surface area contributed by atoms with Crippen LogP contribution < -0.4 is 0 Å². The first kappa shape index (κ1) is 22.8. The molecule has 0 aliphatic rings. The Balaban J connectivity index is 0. The zero-order valence-electron chi connectivity index (χ0n) is 12.8. The van der Waals surface area contributed by atoms with Crippen LogP contribution in [0.4, 0.5) is 0 Å². The first-order chi connectivity index (χ1) is 10.2. The zero-order valence-corrected chi connectivity index (χ0v) is 12.8. The summed E-state index contributed by atoms with van der Waals surface area (Å²) in [7, 11) is 1.25. The van der Waals surface area contributed by atoms with E-state index in [1.165, 1.54) is 7.05 Å². The summed E-state index contributed by atoms with van der Waals surface area (Å²) in [6.07, 6.45) is -5.40. The maximum Gasteiger partial charge on any atom is 0.328 e. The molecular weight excluding hydrogens is 298 g/mol. The van der Waals surface area contributed by atoms with Crippen molar-refractivity contribution in [3.8, 4) is 0 Å². The van der Waals surface area contributed by atoms with Crippen molar-refractivity contribution in [1.82, 2.24) is 4.90 Å². The standard InChI is InChI=1S/C11H19NO8.C2H6/c1-12(8(16)2-3-9(17)18)4-6(14)10(19)11(20)7(15)5-13;1-2/h2-3,6-7,10-11,13-15,19-20H,4-5H2,1H3,(H,17,18);1-2H3/b3-2-;/t6-,7+,10+,11+;/m0./s1. The lowest BCUT2D eigenvalue weighted by molar-refractivity contribution is -0.135. The van der Waals surface area contributed by atoms with Gasteiger partial charge in [-0.1, -0.05) is 13.8 Å². The SMILES string of the molecule is CC.CN(C[C@H](O)[C@@H](O)[C@H](O)[C@H](O)CO)C(=O)/C=C\C(=O)O. The number of aliphatic hydroxyl groups excluding tert-OH is 5. The Bertz CT molecular complexity index is 360. The molecule has 9 nitrogen and oxygen atoms in total. The number of carbonyl (C=O) groups excluding carboxylic acids is 1. The number of hydrogen-bond acceptors (Lipinski definition) is 7. The fourth-order valence-electron chi connectivity index (χ4n) is 1.31. The van der Waals surface area contributed by atoms with Crippen LogP contribution >= 0.6 is 0 Å². The molecule has 0 fully saturated rings. The summed E-state index contributed by atoms with van der Waals surface area (Å²) < 4.78 is 0. The molecule has 0 heterocycles. The third kappa shape index (κ3) is 8.70. The molecule has 0 bridgehead atoms. The van der Waals surface area contributed by atoms with Gasteiger partial charge in [-0.05, 0) is 0 Å². The molecule has 0 unspecified atom stereocenters. The van der Waals surface area contributed by atoms with Crippen LogP contribution in [0.25, 0.3) is 0 Å². The van der Waals surface area contributed by atoms with Gasteiger partial charge in [-0.3, -0.25) is 4.79 Å². The van der Waals surface area contributed by atoms with Crippen LogP contribution in [0, 0.1) is 0 Å². The molecule has 0 aliphatic carbocycles. The van der Waals surface area contributed by atoms with E-state index in [0.29, 0.717) is 6.08 Å². The molecule has 0 radical (unpaired) electrons. The van der Waals surface area contributed by atoms with Gasteiger partial charge in [0.15, 0.2) is 0 Å². The lowest BCUT2D eigenvalue weighted by Crippen LogP contribution is -2.49. The number of hydrogen-bond donors (Lipinski definition) is 6. The monoisotopic (exact) mass is 323 g/mol. The average Bonchev–Trinajstić information content (AvgIpc) is 2.51. The van der Waals surface area contributed by atoms with E-state index in [4.69, 9.17) is 15.3 Å². The molecule has 0 saturated carbocycles. The minimum absolute atomic E-state index is 0.404. The summed E-state index contributed by atoms with van der Waals surface area (Å²) in [5, 5.41) is 54.5. The second-order valence-electron chi connectivity index (χ2n) is 4.19. The molecule has 9 heteroatoms. The van der Waals surface area contributed by atoms with Gasteiger partial charge in [0, 0.05) is 25.7 Å². The summed E-state index contributed by atoms with van der Waals surface area (Å²) in [6, 6.07) is 0. The molecule has 22 heavy (non-hydrogen) atoms. The predicted molar refractivity (Wildman–Crippen MR) is 76.9 cm³/mol. The van der Waals surface area contributed by atoms with Crippen LogP contribution in [0.2, 0.25) is 0 Å². The molecule has 4 atom stereocenters. The predicted octanol–water partition coefficient (Wildman–Crippen LogP) is -2.45. The first-order valence-electron chi connectivity index (χ1n) is 6.70. The Kier molecular flexibility index (Phi) is 12.5. The van der Waals surface area contributed by atoms with Gasteiger partial charge in [0.2, 0.25) is 5.91 Å². The summed E-state index contributed by atoms with van der Waals surface area (Å²) in [5.41, 5.74) is 0. The van der Waals surface area contributed by atoms with Gasteiger partial charge in [0.05, 0.1) is 6.61 Å². The Morgan fingerprint density at radius 3 is 1.86 bits per heavy atom. The van der Waals surface area contributed by atoms with Crippen LogP contribution in [-0.2, 0) is 9.59 Å². The second kappa shape index (κ2) is 12.1. The lowest BCUT2D eigenvalue weighted by atomic mass is 10.0. The van der Waals surface area contributed by atoms with Crippen molar-refractivity contribution >= 4 is 11.9 Å². The summed E-state index contributed by atoms with van der Waals surface area (Å²) >= 11 is 0. The second-order valence-corrected chi connectivity index (χ2v) is 4.19. The third-order valence-corrected chi connectivity index (χ3v) is 2.53. The zero-order chi connectivity index (χ0) is 17.9. The van der Waals surface area contributed by atoms with Crippen molar-refractivity contribution in [3.05, 3.63) is 12.2 Å². The molecule has 1 amide bonds. The Hall–Kier alpha value is -1.52. The van der Waals surface area contributed by atoms with Crippen molar-refractivity contribution in [1.29, 1.82) is 0 Å². The lowest BCUT2D eigenvalue weighted by Gasteiger charge is -2.28. The van der Waals surface area contributed by atoms with Gasteiger partial charge < -0.3 is 35.5 Å². The highest BCUT2D eigenvalue weighted by Gasteiger charge is 2.31. The number of aliphatic carboxylic acids is 1. The highest BCUT2D eigenvalue weighted by Crippen LogP contribution is 2.06. The third-order valence-electron chi connectivity index (χ3n) is 2.53. The minimum atomic E-state index is -1.78. The van der Waals surface area contributed by atoms with Gasteiger partial charge in [0.1, 0.15) is 24.4 Å². The number of nitrogens with zero attached hydrogens (tertiary/aromatic N) is 1. The highest BCUT2D eigenvalue weighted by molar-refractivity contribution is 5.93. The van der Waals surface area contributed by atoms with E-state index < -0.39 is 49.4 Å². The molecule has 0 rings (SSSR count). The highest BCUT2D eigenvalue weighted by atomic mass is 16.4. The molecule has 0 aromatic heterocycles. The van der Waals surface area contributed by atoms with Gasteiger partial charge in [0.25, 0.3) is 0 Å². The summed E-state index contributed by atoms with van der Waals surface area (Å²) in [5.74, 6) is -2.04. The molecule has 0 spiro atoms. The number of aliphatic hydroxyl groups is 5. The topological polar surface area (TPSA) is 159 Å². The van der Waals surface area contributed by atoms with Crippen LogP contribution in [-0.4, -0.2) is 92.0 Å². The van der Waals surface area contributed by atoms with E-state index in [1.54, 1.807) is 0 Å². The Labute approximate surface area is 128 Å². The van der Waals surface area contributed by atoms with Crippen molar-refractivity contribution in [2.75, 3.05) is 20.2 Å². The van der Waals surface area contributed by atoms with Crippen molar-refractivity contribution in [3.63, 3.8) is 0 Å². The van der Waals surface area contributed by atoms with Crippen LogP contribution in [0.1, 0.15) is 13.8 Å². The maximum atomic E-state index is 11.4. The van der Waals surface area contributed by atoms with E-state index in [2.05, 4.69) is 0 Å². The fourth-order valence-corrected chi connectivity index (χ4v) is 1.31. The Morgan fingerprint density at radius 2 is 1.45 bits per heavy atom. The number of carboxylic acids is 1. The molecule has 0 aliphatic heterocycles. The number of amides is 1. The molecule has 130 valence electrons. The number of carbonyl (C=O) groups is 2. The van der Waals surface area contributed by atoms with E-state index in [1.807, 2.05) is 13.8 Å². The van der Waals surface area contributed by atoms with E-state index >= 15 is 0 Å². The van der Waals surface area contributed by atoms with E-state index in [9.17, 15) is 24.9 Å². The number of rotatable bonds is 8. The quantitative estimate of drug-likeness (QED) is 0.268. The van der Waals surface area contributed by atoms with E-state index in [-0.39, 0.29) is 0 Å². The van der Waals surface area contributed by atoms with Gasteiger partial charge in [-0.15, -0.1) is 0 Å². The molecule has 0 aromatic carbocycles. The van der Waals surface area contributed by atoms with Crippen molar-refractivity contribution < 1.29 is 40.2 Å². The normalized spacial score (nSPS) is 16.2. The minimum Gasteiger partial charge on any atom is -0.478 e. The number of likely N-dealkylation sites (N-methyl/N-ethyl adjacent to an activating group) is 1. The summed E-state index contributed by atoms with van der Waals surface area (Å²) in [6.45, 7) is 2.79. The van der Waals surface area contributed by atoms with Crippen LogP contribution in [0.3, 0.4) is 0 Å². The van der Waals surface area contributed by atoms with Crippen LogP contribution in [0.5, 0.6) is 0 Å². The molecule has 0 aromatic rings. The summed E-state index contributed by atoms with van der Waals surface area (Å²) in [4.78, 5) is 22.5. The maximum absolute atomic E-state index is 11.4. The smallest absolute Gasteiger partial charge is 0.328 e. The number of carboxylic acid groups (broad SMARTS) is 1. The van der Waals surface area contributed by atoms with E-state index in [0.717, 1.165) is 11.0 Å². The van der Waals surface area contributed by atoms with Crippen LogP contribution in [0.15, 0.2) is 12.2 Å². The first-order valence-corrected chi connectivity index (χ1v) is 6.70. The van der Waals surface area contributed by atoms with Gasteiger partial charge in [-0.2, -0.15) is 0 Å².